The predicted molar refractivity (Wildman–Crippen MR) is 273 cm³/mol. The van der Waals surface area contributed by atoms with Crippen LogP contribution in [-0.4, -0.2) is 92.1 Å². The number of likely N-dealkylation sites (tertiary alicyclic amines) is 1. The zero-order valence-electron chi connectivity index (χ0n) is 39.9. The summed E-state index contributed by atoms with van der Waals surface area (Å²) in [6.45, 7) is 7.72. The first-order valence-corrected chi connectivity index (χ1v) is 25.0. The lowest BCUT2D eigenvalue weighted by molar-refractivity contribution is -0.134. The number of benzene rings is 4. The fourth-order valence-electron chi connectivity index (χ4n) is 10.4. The number of nitrogens with zero attached hydrogens (tertiary/aromatic N) is 6. The molecule has 3 aromatic heterocycles. The van der Waals surface area contributed by atoms with Gasteiger partial charge < -0.3 is 20.1 Å². The number of imide groups is 1. The molecule has 2 fully saturated rings. The van der Waals surface area contributed by atoms with Crippen molar-refractivity contribution < 1.29 is 33.8 Å². The number of pyridine rings is 1. The van der Waals surface area contributed by atoms with Gasteiger partial charge in [-0.2, -0.15) is 5.10 Å². The third-order valence-corrected chi connectivity index (χ3v) is 15.3. The highest BCUT2D eigenvalue weighted by Crippen LogP contribution is 2.35. The van der Waals surface area contributed by atoms with E-state index in [0.717, 1.165) is 75.7 Å². The Morgan fingerprint density at radius 2 is 1.72 bits per heavy atom. The number of carboxylic acids is 1. The summed E-state index contributed by atoms with van der Waals surface area (Å²) in [5, 5.41) is 24.8. The third kappa shape index (κ3) is 10.1. The lowest BCUT2D eigenvalue weighted by Crippen LogP contribution is -2.40. The molecule has 0 saturated carbocycles. The highest BCUT2D eigenvalue weighted by atomic mass is 32.1. The summed E-state index contributed by atoms with van der Waals surface area (Å²) in [4.78, 5) is 77.2. The minimum atomic E-state index is -1.12. The zero-order chi connectivity index (χ0) is 49.3. The van der Waals surface area contributed by atoms with Crippen LogP contribution in [0.5, 0.6) is 5.75 Å². The van der Waals surface area contributed by atoms with E-state index in [1.165, 1.54) is 11.3 Å². The monoisotopic (exact) mass is 973 g/mol. The molecule has 0 bridgehead atoms. The van der Waals surface area contributed by atoms with Gasteiger partial charge in [-0.1, -0.05) is 48.6 Å². The van der Waals surface area contributed by atoms with Crippen LogP contribution in [0.3, 0.4) is 0 Å². The number of thiazole rings is 1. The summed E-state index contributed by atoms with van der Waals surface area (Å²) in [5.41, 5.74) is 7.54. The first-order chi connectivity index (χ1) is 34.3. The fraction of sp³-hybridized carbons (Fsp3) is 0.333. The minimum Gasteiger partial charge on any atom is -0.494 e. The van der Waals surface area contributed by atoms with E-state index in [1.807, 2.05) is 103 Å². The van der Waals surface area contributed by atoms with E-state index in [4.69, 9.17) is 9.72 Å². The van der Waals surface area contributed by atoms with Gasteiger partial charge in [-0.05, 0) is 147 Å². The molecule has 0 unspecified atom stereocenters. The lowest BCUT2D eigenvalue weighted by Gasteiger charge is -2.34. The van der Waals surface area contributed by atoms with Crippen LogP contribution in [-0.2, 0) is 34.4 Å². The van der Waals surface area contributed by atoms with E-state index < -0.39 is 11.9 Å². The molecule has 7 aromatic rings. The number of ether oxygens (including phenoxy) is 1. The number of carbonyl (C=O) groups is 5. The predicted octanol–water partition coefficient (Wildman–Crippen LogP) is 8.34. The van der Waals surface area contributed by atoms with Gasteiger partial charge in [0.1, 0.15) is 11.6 Å². The van der Waals surface area contributed by atoms with Crippen molar-refractivity contribution in [2.75, 3.05) is 48.3 Å². The summed E-state index contributed by atoms with van der Waals surface area (Å²) in [5.74, 6) is -0.361. The van der Waals surface area contributed by atoms with Crippen molar-refractivity contribution in [1.82, 2.24) is 30.0 Å². The van der Waals surface area contributed by atoms with E-state index in [-0.39, 0.29) is 35.7 Å². The Hall–Kier alpha value is -7.50. The molecule has 364 valence electrons. The van der Waals surface area contributed by atoms with Gasteiger partial charge in [-0.25, -0.2) is 14.8 Å². The number of hydrogen-bond donors (Lipinski definition) is 4. The van der Waals surface area contributed by atoms with E-state index in [2.05, 4.69) is 37.9 Å². The Morgan fingerprint density at radius 1 is 0.901 bits per heavy atom. The Morgan fingerprint density at radius 3 is 2.51 bits per heavy atom. The average molecular weight is 974 g/mol. The van der Waals surface area contributed by atoms with Crippen LogP contribution in [0, 0.1) is 18.8 Å². The second-order valence-corrected chi connectivity index (χ2v) is 20.0. The second kappa shape index (κ2) is 20.1. The molecule has 4 amide bonds. The highest BCUT2D eigenvalue weighted by molar-refractivity contribution is 7.22. The molecule has 0 radical (unpaired) electrons. The SMILES string of the molecule is Cc1cc(OCC[C@H](C)C2CCN(CC(=O)Nc3ccc4c([C@H]5CCC(=O)NC5=O)nn(C)c4c3)CC2)ccc1-c1ccc(N2CCc3cccc(C(=O)Nc4nc5ccccc5s4)c3C2)nc1C(=O)O. The zero-order valence-corrected chi connectivity index (χ0v) is 40.7. The number of hydrogen-bond acceptors (Lipinski definition) is 12. The van der Waals surface area contributed by atoms with Crippen LogP contribution in [0.1, 0.15) is 88.2 Å². The number of para-hydroxylation sites is 1. The number of amides is 4. The fourth-order valence-corrected chi connectivity index (χ4v) is 11.2. The summed E-state index contributed by atoms with van der Waals surface area (Å²) >= 11 is 1.43. The normalized spacial score (nSPS) is 16.9. The molecule has 2 atom stereocenters. The molecule has 4 N–H and O–H groups in total. The number of aromatic nitrogens is 4. The van der Waals surface area contributed by atoms with Crippen molar-refractivity contribution in [3.05, 3.63) is 125 Å². The highest BCUT2D eigenvalue weighted by Gasteiger charge is 2.32. The van der Waals surface area contributed by atoms with E-state index in [9.17, 15) is 29.1 Å². The van der Waals surface area contributed by atoms with E-state index in [0.29, 0.717) is 90.1 Å². The van der Waals surface area contributed by atoms with Crippen LogP contribution >= 0.6 is 11.3 Å². The first-order valence-electron chi connectivity index (χ1n) is 24.2. The molecule has 4 aromatic carbocycles. The van der Waals surface area contributed by atoms with Crippen molar-refractivity contribution >= 4 is 78.7 Å². The molecule has 0 spiro atoms. The van der Waals surface area contributed by atoms with Crippen molar-refractivity contribution in [2.24, 2.45) is 18.9 Å². The van der Waals surface area contributed by atoms with Crippen molar-refractivity contribution in [3.63, 3.8) is 0 Å². The second-order valence-electron chi connectivity index (χ2n) is 18.9. The van der Waals surface area contributed by atoms with Gasteiger partial charge in [0, 0.05) is 48.8 Å². The Kier molecular flexibility index (Phi) is 13.3. The van der Waals surface area contributed by atoms with Gasteiger partial charge in [0.2, 0.25) is 17.7 Å². The number of carbonyl (C=O) groups excluding carboxylic acids is 4. The minimum absolute atomic E-state index is 0.0430. The third-order valence-electron chi connectivity index (χ3n) is 14.3. The largest absolute Gasteiger partial charge is 0.494 e. The number of nitrogens with one attached hydrogen (secondary N) is 3. The van der Waals surface area contributed by atoms with Gasteiger partial charge in [0.05, 0.1) is 40.5 Å². The van der Waals surface area contributed by atoms with Gasteiger partial charge in [-0.3, -0.25) is 39.4 Å². The molecular formula is C54H55N9O7S. The topological polar surface area (TPSA) is 201 Å². The summed E-state index contributed by atoms with van der Waals surface area (Å²) < 4.78 is 8.95. The maximum Gasteiger partial charge on any atom is 0.355 e. The molecule has 71 heavy (non-hydrogen) atoms. The van der Waals surface area contributed by atoms with Gasteiger partial charge in [0.25, 0.3) is 5.91 Å². The maximum absolute atomic E-state index is 13.6. The summed E-state index contributed by atoms with van der Waals surface area (Å²) in [6.07, 6.45) is 4.22. The number of aryl methyl sites for hydroxylation is 2. The van der Waals surface area contributed by atoms with Crippen LogP contribution in [0.25, 0.3) is 32.2 Å². The maximum atomic E-state index is 13.6. The number of aromatic carboxylic acids is 1. The van der Waals surface area contributed by atoms with Crippen LogP contribution in [0.4, 0.5) is 16.6 Å². The smallest absolute Gasteiger partial charge is 0.355 e. The van der Waals surface area contributed by atoms with Gasteiger partial charge in [-0.15, -0.1) is 0 Å². The number of carboxylic acid groups (broad SMARTS) is 1. The molecular weight excluding hydrogens is 919 g/mol. The number of anilines is 3. The van der Waals surface area contributed by atoms with Crippen molar-refractivity contribution in [2.45, 2.75) is 64.8 Å². The Balaban J connectivity index is 0.703. The molecule has 10 rings (SSSR count). The standard InChI is InChI=1S/C54H55N9O7S/c1-31(33-19-23-62(24-20-33)30-48(65)55-35-11-13-40-44(28-35)61(3)60-49(40)41-16-18-47(64)58-52(41)67)22-26-70-36-12-14-37(32(2)27-36)38-15-17-46(57-50(38)53(68)69)63-25-21-34-7-6-8-39(42(34)29-63)51(66)59-54-56-43-9-4-5-10-45(43)71-54/h4-15,17,27-28,31,33,41H,16,18-26,29-30H2,1-3H3,(H,55,65)(H,68,69)(H,56,59,66)(H,58,64,67)/t31-,41+/m0/s1. The Labute approximate surface area is 414 Å². The van der Waals surface area contributed by atoms with Gasteiger partial charge in [0.15, 0.2) is 10.8 Å². The lowest BCUT2D eigenvalue weighted by atomic mass is 9.84. The molecule has 0 aliphatic carbocycles. The van der Waals surface area contributed by atoms with Crippen LogP contribution in [0.2, 0.25) is 0 Å². The quantitative estimate of drug-likeness (QED) is 0.0761. The molecule has 6 heterocycles. The molecule has 3 aliphatic heterocycles. The Bertz CT molecular complexity index is 3200. The number of fused-ring (bicyclic) bond motifs is 3. The van der Waals surface area contributed by atoms with E-state index >= 15 is 0 Å². The molecule has 16 nitrogen and oxygen atoms in total. The van der Waals surface area contributed by atoms with Crippen molar-refractivity contribution in [1.29, 1.82) is 0 Å². The van der Waals surface area contributed by atoms with Crippen LogP contribution < -0.4 is 25.6 Å². The number of rotatable bonds is 14. The van der Waals surface area contributed by atoms with Crippen LogP contribution in [0.15, 0.2) is 91.0 Å². The first kappa shape index (κ1) is 47.2. The number of piperidine rings is 2. The van der Waals surface area contributed by atoms with Crippen molar-refractivity contribution in [3.8, 4) is 16.9 Å². The summed E-state index contributed by atoms with van der Waals surface area (Å²) in [7, 11) is 1.81. The van der Waals surface area contributed by atoms with E-state index in [1.54, 1.807) is 11.7 Å². The summed E-state index contributed by atoms with van der Waals surface area (Å²) in [6, 6.07) is 28.5. The molecule has 2 saturated heterocycles. The molecule has 17 heteroatoms. The molecule has 3 aliphatic rings. The average Bonchev–Trinajstić information content (AvgIpc) is 3.92. The van der Waals surface area contributed by atoms with Gasteiger partial charge >= 0.3 is 5.97 Å².